The number of halogens is 1. The summed E-state index contributed by atoms with van der Waals surface area (Å²) in [5, 5.41) is 0. The van der Waals surface area contributed by atoms with Crippen molar-refractivity contribution in [1.29, 1.82) is 0 Å². The van der Waals surface area contributed by atoms with Gasteiger partial charge in [0, 0.05) is 37.8 Å². The molecule has 1 atom stereocenters. The number of likely N-dealkylation sites (N-methyl/N-ethyl adjacent to an activating group) is 1. The summed E-state index contributed by atoms with van der Waals surface area (Å²) in [4.78, 5) is 43.9. The van der Waals surface area contributed by atoms with E-state index in [1.165, 1.54) is 29.2 Å². The number of piperazine rings is 1. The normalized spacial score (nSPS) is 17.2. The van der Waals surface area contributed by atoms with Crippen molar-refractivity contribution in [3.05, 3.63) is 53.8 Å². The van der Waals surface area contributed by atoms with Crippen LogP contribution in [0.5, 0.6) is 11.5 Å². The minimum absolute atomic E-state index is 0.143. The third-order valence-electron chi connectivity index (χ3n) is 5.89. The highest BCUT2D eigenvalue weighted by Gasteiger charge is 2.36. The van der Waals surface area contributed by atoms with Gasteiger partial charge < -0.3 is 19.3 Å². The fraction of sp³-hybridized carbons (Fsp3) is 0.375. The van der Waals surface area contributed by atoms with Crippen molar-refractivity contribution >= 4 is 23.3 Å². The third kappa shape index (κ3) is 4.98. The number of amides is 2. The highest BCUT2D eigenvalue weighted by molar-refractivity contribution is 6.05. The van der Waals surface area contributed by atoms with Crippen molar-refractivity contribution in [1.82, 2.24) is 9.80 Å². The van der Waals surface area contributed by atoms with Crippen LogP contribution in [-0.2, 0) is 9.59 Å². The summed E-state index contributed by atoms with van der Waals surface area (Å²) in [6, 6.07) is 9.52. The molecule has 0 spiro atoms. The molecule has 0 saturated carbocycles. The molecule has 1 unspecified atom stereocenters. The van der Waals surface area contributed by atoms with Gasteiger partial charge in [0.1, 0.15) is 23.4 Å². The summed E-state index contributed by atoms with van der Waals surface area (Å²) >= 11 is 0. The standard InChI is InChI=1S/C24H26FN3O5/c1-16(24(31)27-10-8-26(2)9-11-27)28-20-12-17(6-7-22(20)33-15-23(28)30)21(29)14-32-19-5-3-4-18(25)13-19/h3-7,12-13,16H,8-11,14-15H2,1-2H3. The average molecular weight is 455 g/mol. The second-order valence-electron chi connectivity index (χ2n) is 8.21. The number of rotatable bonds is 6. The second kappa shape index (κ2) is 9.58. The Kier molecular flexibility index (Phi) is 6.60. The number of hydrogen-bond acceptors (Lipinski definition) is 6. The van der Waals surface area contributed by atoms with Gasteiger partial charge >= 0.3 is 0 Å². The number of benzene rings is 2. The average Bonchev–Trinajstić information content (AvgIpc) is 2.82. The Bertz CT molecular complexity index is 1070. The zero-order chi connectivity index (χ0) is 23.5. The Hall–Kier alpha value is -3.46. The predicted octanol–water partition coefficient (Wildman–Crippen LogP) is 1.98. The van der Waals surface area contributed by atoms with Crippen molar-refractivity contribution in [2.75, 3.05) is 51.3 Å². The highest BCUT2D eigenvalue weighted by Crippen LogP contribution is 2.35. The zero-order valence-corrected chi connectivity index (χ0v) is 18.6. The van der Waals surface area contributed by atoms with Crippen LogP contribution in [0.2, 0.25) is 0 Å². The minimum atomic E-state index is -0.738. The topological polar surface area (TPSA) is 79.4 Å². The van der Waals surface area contributed by atoms with Gasteiger partial charge in [0.15, 0.2) is 19.0 Å². The van der Waals surface area contributed by atoms with E-state index in [4.69, 9.17) is 9.47 Å². The molecule has 2 aromatic rings. The summed E-state index contributed by atoms with van der Waals surface area (Å²) in [7, 11) is 2.00. The van der Waals surface area contributed by atoms with E-state index in [2.05, 4.69) is 4.90 Å². The number of ketones is 1. The number of Topliss-reactive ketones (excluding diaryl/α,β-unsaturated/α-hetero) is 1. The molecule has 0 radical (unpaired) electrons. The van der Waals surface area contributed by atoms with Crippen LogP contribution >= 0.6 is 0 Å². The SMILES string of the molecule is CC(C(=O)N1CCN(C)CC1)N1C(=O)COc2ccc(C(=O)COc3cccc(F)c3)cc21. The molecule has 2 aliphatic rings. The second-order valence-corrected chi connectivity index (χ2v) is 8.21. The van der Waals surface area contributed by atoms with Crippen LogP contribution in [0.15, 0.2) is 42.5 Å². The molecular formula is C24H26FN3O5. The van der Waals surface area contributed by atoms with Crippen LogP contribution in [0, 0.1) is 5.82 Å². The third-order valence-corrected chi connectivity index (χ3v) is 5.89. The molecule has 0 bridgehead atoms. The van der Waals surface area contributed by atoms with Gasteiger partial charge in [0.2, 0.25) is 5.91 Å². The van der Waals surface area contributed by atoms with Gasteiger partial charge in [-0.15, -0.1) is 0 Å². The summed E-state index contributed by atoms with van der Waals surface area (Å²) in [6.07, 6.45) is 0. The van der Waals surface area contributed by atoms with Gasteiger partial charge in [-0.1, -0.05) is 6.07 Å². The van der Waals surface area contributed by atoms with E-state index in [0.29, 0.717) is 30.1 Å². The molecule has 8 nitrogen and oxygen atoms in total. The Balaban J connectivity index is 1.52. The fourth-order valence-electron chi connectivity index (χ4n) is 3.96. The van der Waals surface area contributed by atoms with Crippen molar-refractivity contribution in [2.24, 2.45) is 0 Å². The van der Waals surface area contributed by atoms with Crippen LogP contribution in [0.25, 0.3) is 0 Å². The Morgan fingerprint density at radius 1 is 1.12 bits per heavy atom. The summed E-state index contributed by atoms with van der Waals surface area (Å²) < 4.78 is 24.3. The predicted molar refractivity (Wildman–Crippen MR) is 119 cm³/mol. The summed E-state index contributed by atoms with van der Waals surface area (Å²) in [5.74, 6) is -0.631. The summed E-state index contributed by atoms with van der Waals surface area (Å²) in [5.41, 5.74) is 0.672. The first-order chi connectivity index (χ1) is 15.8. The minimum Gasteiger partial charge on any atom is -0.485 e. The van der Waals surface area contributed by atoms with Crippen molar-refractivity contribution in [3.8, 4) is 11.5 Å². The van der Waals surface area contributed by atoms with Crippen LogP contribution < -0.4 is 14.4 Å². The highest BCUT2D eigenvalue weighted by atomic mass is 19.1. The Morgan fingerprint density at radius 2 is 1.88 bits per heavy atom. The van der Waals surface area contributed by atoms with E-state index in [0.717, 1.165) is 13.1 Å². The maximum atomic E-state index is 13.3. The maximum Gasteiger partial charge on any atom is 0.265 e. The number of ether oxygens (including phenoxy) is 2. The van der Waals surface area contributed by atoms with Gasteiger partial charge in [-0.05, 0) is 44.3 Å². The Morgan fingerprint density at radius 3 is 2.61 bits per heavy atom. The van der Waals surface area contributed by atoms with Crippen LogP contribution in [0.1, 0.15) is 17.3 Å². The largest absolute Gasteiger partial charge is 0.485 e. The Labute approximate surface area is 191 Å². The first-order valence-electron chi connectivity index (χ1n) is 10.8. The molecule has 2 amide bonds. The number of hydrogen-bond donors (Lipinski definition) is 0. The quantitative estimate of drug-likeness (QED) is 0.620. The molecular weight excluding hydrogens is 429 g/mol. The fourth-order valence-corrected chi connectivity index (χ4v) is 3.96. The molecule has 2 aliphatic heterocycles. The van der Waals surface area contributed by atoms with E-state index in [1.54, 1.807) is 30.0 Å². The van der Waals surface area contributed by atoms with E-state index < -0.39 is 11.9 Å². The zero-order valence-electron chi connectivity index (χ0n) is 18.6. The number of carbonyl (C=O) groups is 3. The molecule has 174 valence electrons. The summed E-state index contributed by atoms with van der Waals surface area (Å²) in [6.45, 7) is 3.96. The lowest BCUT2D eigenvalue weighted by atomic mass is 10.1. The molecule has 2 heterocycles. The first kappa shape index (κ1) is 22.7. The van der Waals surface area contributed by atoms with Gasteiger partial charge in [-0.25, -0.2) is 4.39 Å². The number of carbonyl (C=O) groups excluding carboxylic acids is 3. The van der Waals surface area contributed by atoms with Gasteiger partial charge in [-0.3, -0.25) is 19.3 Å². The van der Waals surface area contributed by atoms with Crippen molar-refractivity contribution < 1.29 is 28.2 Å². The van der Waals surface area contributed by atoms with Crippen molar-refractivity contribution in [2.45, 2.75) is 13.0 Å². The van der Waals surface area contributed by atoms with E-state index in [1.807, 2.05) is 7.05 Å². The number of nitrogens with zero attached hydrogens (tertiary/aromatic N) is 3. The van der Waals surface area contributed by atoms with E-state index in [9.17, 15) is 18.8 Å². The molecule has 2 aromatic carbocycles. The van der Waals surface area contributed by atoms with Gasteiger partial charge in [0.25, 0.3) is 5.91 Å². The molecule has 4 rings (SSSR count). The van der Waals surface area contributed by atoms with Gasteiger partial charge in [-0.2, -0.15) is 0 Å². The lowest BCUT2D eigenvalue weighted by molar-refractivity contribution is -0.136. The maximum absolute atomic E-state index is 13.3. The van der Waals surface area contributed by atoms with Crippen LogP contribution in [-0.4, -0.2) is 79.9 Å². The lowest BCUT2D eigenvalue weighted by Gasteiger charge is -2.38. The smallest absolute Gasteiger partial charge is 0.265 e. The van der Waals surface area contributed by atoms with Crippen molar-refractivity contribution in [3.63, 3.8) is 0 Å². The molecule has 0 aromatic heterocycles. The van der Waals surface area contributed by atoms with Gasteiger partial charge in [0.05, 0.1) is 5.69 Å². The first-order valence-corrected chi connectivity index (χ1v) is 10.8. The van der Waals surface area contributed by atoms with Crippen LogP contribution in [0.3, 0.4) is 0 Å². The monoisotopic (exact) mass is 455 g/mol. The number of anilines is 1. The molecule has 0 aliphatic carbocycles. The van der Waals surface area contributed by atoms with Crippen LogP contribution in [0.4, 0.5) is 10.1 Å². The molecule has 1 fully saturated rings. The molecule has 9 heteroatoms. The molecule has 0 N–H and O–H groups in total. The molecule has 33 heavy (non-hydrogen) atoms. The van der Waals surface area contributed by atoms with E-state index >= 15 is 0 Å². The molecule has 1 saturated heterocycles. The van der Waals surface area contributed by atoms with E-state index in [-0.39, 0.29) is 36.6 Å². The number of fused-ring (bicyclic) bond motifs is 1. The lowest BCUT2D eigenvalue weighted by Crippen LogP contribution is -2.56.